The Morgan fingerprint density at radius 2 is 1.87 bits per heavy atom. The van der Waals surface area contributed by atoms with Crippen LogP contribution < -0.4 is 5.32 Å². The highest BCUT2D eigenvalue weighted by Gasteiger charge is 2.21. The molecular weight excluding hydrogens is 338 g/mol. The fraction of sp³-hybridized carbons (Fsp3) is 0.467. The second-order valence-corrected chi connectivity index (χ2v) is 8.15. The minimum absolute atomic E-state index is 0.0631. The zero-order valence-corrected chi connectivity index (χ0v) is 14.7. The number of sulfone groups is 1. The molecule has 8 heteroatoms. The van der Waals surface area contributed by atoms with Crippen molar-refractivity contribution in [3.63, 3.8) is 0 Å². The van der Waals surface area contributed by atoms with Crippen LogP contribution in [0.5, 0.6) is 0 Å². The molecule has 0 saturated heterocycles. The van der Waals surface area contributed by atoms with Crippen molar-refractivity contribution >= 4 is 33.5 Å². The first-order chi connectivity index (χ1) is 10.8. The third-order valence-corrected chi connectivity index (χ3v) is 5.57. The molecule has 1 unspecified atom stereocenters. The molecule has 2 N–H and O–H groups in total. The van der Waals surface area contributed by atoms with Crippen LogP contribution in [0.3, 0.4) is 0 Å². The van der Waals surface area contributed by atoms with Gasteiger partial charge in [-0.2, -0.15) is 0 Å². The normalized spacial score (nSPS) is 12.6. The van der Waals surface area contributed by atoms with Crippen molar-refractivity contribution < 1.29 is 23.1 Å². The highest BCUT2D eigenvalue weighted by molar-refractivity contribution is 7.98. The summed E-state index contributed by atoms with van der Waals surface area (Å²) < 4.78 is 23.4. The van der Waals surface area contributed by atoms with Gasteiger partial charge in [0.25, 0.3) is 0 Å². The highest BCUT2D eigenvalue weighted by atomic mass is 32.2. The lowest BCUT2D eigenvalue weighted by atomic mass is 10.0. The van der Waals surface area contributed by atoms with Crippen LogP contribution in [0.25, 0.3) is 0 Å². The van der Waals surface area contributed by atoms with Gasteiger partial charge < -0.3 is 10.4 Å². The Balaban J connectivity index is 2.85. The summed E-state index contributed by atoms with van der Waals surface area (Å²) in [7, 11) is -3.46. The first-order valence-electron chi connectivity index (χ1n) is 7.13. The maximum Gasteiger partial charge on any atom is 0.305 e. The molecule has 6 nitrogen and oxygen atoms in total. The number of carboxylic acids is 1. The first-order valence-corrected chi connectivity index (χ1v) is 10.2. The molecule has 0 radical (unpaired) electrons. The smallest absolute Gasteiger partial charge is 0.305 e. The van der Waals surface area contributed by atoms with Gasteiger partial charge in [-0.25, -0.2) is 8.42 Å². The summed E-state index contributed by atoms with van der Waals surface area (Å²) >= 11 is 1.55. The van der Waals surface area contributed by atoms with E-state index >= 15 is 0 Å². The SMILES string of the molecule is CCCS(=O)(=O)CC(=O)NC(CC(=O)O)c1ccc(SC)cc1. The summed E-state index contributed by atoms with van der Waals surface area (Å²) in [4.78, 5) is 23.9. The van der Waals surface area contributed by atoms with E-state index in [1.807, 2.05) is 18.4 Å². The van der Waals surface area contributed by atoms with Crippen molar-refractivity contribution in [2.45, 2.75) is 30.7 Å². The van der Waals surface area contributed by atoms with Crippen molar-refractivity contribution in [2.24, 2.45) is 0 Å². The van der Waals surface area contributed by atoms with Gasteiger partial charge in [0.1, 0.15) is 5.75 Å². The van der Waals surface area contributed by atoms with Crippen LogP contribution in [-0.2, 0) is 19.4 Å². The average molecular weight is 359 g/mol. The van der Waals surface area contributed by atoms with Crippen LogP contribution in [0.1, 0.15) is 31.4 Å². The predicted octanol–water partition coefficient (Wildman–Crippen LogP) is 1.87. The number of carbonyl (C=O) groups is 2. The molecule has 0 aliphatic rings. The zero-order valence-electron chi connectivity index (χ0n) is 13.1. The molecule has 1 aromatic carbocycles. The molecule has 23 heavy (non-hydrogen) atoms. The number of hydrogen-bond donors (Lipinski definition) is 2. The van der Waals surface area contributed by atoms with Gasteiger partial charge >= 0.3 is 5.97 Å². The number of carbonyl (C=O) groups excluding carboxylic acids is 1. The molecule has 0 bridgehead atoms. The Bertz CT molecular complexity index is 640. The number of thioether (sulfide) groups is 1. The second-order valence-electron chi connectivity index (χ2n) is 5.08. The quantitative estimate of drug-likeness (QED) is 0.653. The van der Waals surface area contributed by atoms with Gasteiger partial charge in [-0.3, -0.25) is 9.59 Å². The van der Waals surface area contributed by atoms with E-state index in [0.717, 1.165) is 4.90 Å². The van der Waals surface area contributed by atoms with Gasteiger partial charge in [0.2, 0.25) is 5.91 Å². The molecule has 0 aliphatic carbocycles. The van der Waals surface area contributed by atoms with Gasteiger partial charge in [0.05, 0.1) is 18.2 Å². The largest absolute Gasteiger partial charge is 0.481 e. The van der Waals surface area contributed by atoms with Crippen LogP contribution in [0, 0.1) is 0 Å². The summed E-state index contributed by atoms with van der Waals surface area (Å²) in [5, 5.41) is 11.5. The summed E-state index contributed by atoms with van der Waals surface area (Å²) in [6, 6.07) is 6.37. The van der Waals surface area contributed by atoms with Crippen molar-refractivity contribution in [1.82, 2.24) is 5.32 Å². The van der Waals surface area contributed by atoms with Crippen LogP contribution in [0.15, 0.2) is 29.2 Å². The number of carboxylic acid groups (broad SMARTS) is 1. The van der Waals surface area contributed by atoms with E-state index < -0.39 is 33.5 Å². The van der Waals surface area contributed by atoms with Crippen LogP contribution in [0.2, 0.25) is 0 Å². The molecule has 0 spiro atoms. The highest BCUT2D eigenvalue weighted by Crippen LogP contribution is 2.21. The van der Waals surface area contributed by atoms with E-state index in [4.69, 9.17) is 5.11 Å². The average Bonchev–Trinajstić information content (AvgIpc) is 2.45. The number of hydrogen-bond acceptors (Lipinski definition) is 5. The molecule has 1 atom stereocenters. The standard InChI is InChI=1S/C15H21NO5S2/c1-3-8-23(20,21)10-14(17)16-13(9-15(18)19)11-4-6-12(22-2)7-5-11/h4-7,13H,3,8-10H2,1-2H3,(H,16,17)(H,18,19). The van der Waals surface area contributed by atoms with E-state index in [1.54, 1.807) is 30.8 Å². The molecule has 0 fully saturated rings. The molecule has 1 aromatic rings. The Hall–Kier alpha value is -1.54. The Morgan fingerprint density at radius 3 is 2.35 bits per heavy atom. The Morgan fingerprint density at radius 1 is 1.26 bits per heavy atom. The zero-order chi connectivity index (χ0) is 17.5. The van der Waals surface area contributed by atoms with E-state index in [9.17, 15) is 18.0 Å². The number of nitrogens with one attached hydrogen (secondary N) is 1. The minimum Gasteiger partial charge on any atom is -0.481 e. The maximum absolute atomic E-state index is 11.9. The third-order valence-electron chi connectivity index (χ3n) is 3.10. The molecule has 0 heterocycles. The summed E-state index contributed by atoms with van der Waals surface area (Å²) in [6.45, 7) is 1.72. The summed E-state index contributed by atoms with van der Waals surface area (Å²) in [5.41, 5.74) is 0.631. The van der Waals surface area contributed by atoms with Crippen molar-refractivity contribution in [3.05, 3.63) is 29.8 Å². The molecular formula is C15H21NO5S2. The molecule has 0 aliphatic heterocycles. The predicted molar refractivity (Wildman–Crippen MR) is 90.3 cm³/mol. The fourth-order valence-corrected chi connectivity index (χ4v) is 3.74. The van der Waals surface area contributed by atoms with E-state index in [0.29, 0.717) is 12.0 Å². The van der Waals surface area contributed by atoms with Crippen LogP contribution in [0.4, 0.5) is 0 Å². The minimum atomic E-state index is -3.46. The number of benzene rings is 1. The molecule has 0 saturated carbocycles. The first kappa shape index (κ1) is 19.5. The van der Waals surface area contributed by atoms with Gasteiger partial charge in [0.15, 0.2) is 9.84 Å². The van der Waals surface area contributed by atoms with Crippen LogP contribution in [-0.4, -0.2) is 43.2 Å². The van der Waals surface area contributed by atoms with Crippen molar-refractivity contribution in [3.8, 4) is 0 Å². The van der Waals surface area contributed by atoms with Gasteiger partial charge in [-0.1, -0.05) is 19.1 Å². The molecule has 1 rings (SSSR count). The lowest BCUT2D eigenvalue weighted by Gasteiger charge is -2.18. The fourth-order valence-electron chi connectivity index (χ4n) is 2.08. The van der Waals surface area contributed by atoms with E-state index in [1.165, 1.54) is 0 Å². The number of amides is 1. The summed E-state index contributed by atoms with van der Waals surface area (Å²) in [5.74, 6) is -2.44. The monoisotopic (exact) mass is 359 g/mol. The van der Waals surface area contributed by atoms with Gasteiger partial charge in [0, 0.05) is 4.90 Å². The molecule has 0 aromatic heterocycles. The topological polar surface area (TPSA) is 101 Å². The number of aliphatic carboxylic acids is 1. The Kier molecular flexibility index (Phi) is 7.57. The van der Waals surface area contributed by atoms with Crippen LogP contribution >= 0.6 is 11.8 Å². The van der Waals surface area contributed by atoms with Crippen molar-refractivity contribution in [2.75, 3.05) is 17.8 Å². The van der Waals surface area contributed by atoms with Gasteiger partial charge in [-0.05, 0) is 30.4 Å². The Labute approximate surface area is 140 Å². The lowest BCUT2D eigenvalue weighted by molar-refractivity contribution is -0.137. The molecule has 128 valence electrons. The lowest BCUT2D eigenvalue weighted by Crippen LogP contribution is -2.35. The maximum atomic E-state index is 11.9. The third kappa shape index (κ3) is 7.04. The summed E-state index contributed by atoms with van der Waals surface area (Å²) in [6.07, 6.45) is 2.05. The van der Waals surface area contributed by atoms with E-state index in [-0.39, 0.29) is 12.2 Å². The molecule has 1 amide bonds. The second kappa shape index (κ2) is 8.93. The van der Waals surface area contributed by atoms with Crippen molar-refractivity contribution in [1.29, 1.82) is 0 Å². The van der Waals surface area contributed by atoms with E-state index in [2.05, 4.69) is 5.32 Å². The number of rotatable bonds is 9. The van der Waals surface area contributed by atoms with Gasteiger partial charge in [-0.15, -0.1) is 11.8 Å².